The Morgan fingerprint density at radius 2 is 2.19 bits per heavy atom. The maximum absolute atomic E-state index is 12.9. The van der Waals surface area contributed by atoms with Gasteiger partial charge in [-0.1, -0.05) is 12.1 Å². The first kappa shape index (κ1) is 12.5. The first-order valence-electron chi connectivity index (χ1n) is 5.33. The Morgan fingerprint density at radius 1 is 1.44 bits per heavy atom. The normalized spacial score (nSPS) is 11.4. The predicted octanol–water partition coefficient (Wildman–Crippen LogP) is 1.85. The number of halogens is 1. The summed E-state index contributed by atoms with van der Waals surface area (Å²) >= 11 is 0. The van der Waals surface area contributed by atoms with Crippen LogP contribution in [0.1, 0.15) is 12.5 Å². The van der Waals surface area contributed by atoms with E-state index in [4.69, 9.17) is 0 Å². The second kappa shape index (κ2) is 6.10. The fraction of sp³-hybridized carbons (Fsp3) is 0.417. The summed E-state index contributed by atoms with van der Waals surface area (Å²) in [6.07, 6.45) is 0. The topological polar surface area (TPSA) is 27.6 Å². The zero-order valence-electron chi connectivity index (χ0n) is 10.00. The molecule has 0 unspecified atom stereocenters. The maximum Gasteiger partial charge on any atom is 0.193 e. The van der Waals surface area contributed by atoms with E-state index < -0.39 is 0 Å². The summed E-state index contributed by atoms with van der Waals surface area (Å²) in [6.45, 7) is 3.32. The molecule has 0 radical (unpaired) electrons. The van der Waals surface area contributed by atoms with Crippen LogP contribution >= 0.6 is 0 Å². The summed E-state index contributed by atoms with van der Waals surface area (Å²) in [7, 11) is 3.85. The molecule has 0 bridgehead atoms. The lowest BCUT2D eigenvalue weighted by Gasteiger charge is -2.16. The smallest absolute Gasteiger partial charge is 0.193 e. The van der Waals surface area contributed by atoms with Gasteiger partial charge in [0.1, 0.15) is 5.82 Å². The summed E-state index contributed by atoms with van der Waals surface area (Å²) in [5.41, 5.74) is 0.872. The van der Waals surface area contributed by atoms with E-state index in [9.17, 15) is 4.39 Å². The molecule has 1 N–H and O–H groups in total. The monoisotopic (exact) mass is 223 g/mol. The van der Waals surface area contributed by atoms with Gasteiger partial charge in [0, 0.05) is 20.6 Å². The van der Waals surface area contributed by atoms with E-state index in [0.717, 1.165) is 18.1 Å². The first-order valence-corrected chi connectivity index (χ1v) is 5.33. The van der Waals surface area contributed by atoms with Gasteiger partial charge in [-0.25, -0.2) is 9.38 Å². The average Bonchev–Trinajstić information content (AvgIpc) is 2.24. The third-order valence-corrected chi connectivity index (χ3v) is 2.06. The van der Waals surface area contributed by atoms with Gasteiger partial charge in [-0.2, -0.15) is 0 Å². The molecule has 0 aliphatic heterocycles. The molecule has 0 saturated heterocycles. The van der Waals surface area contributed by atoms with Gasteiger partial charge in [0.2, 0.25) is 0 Å². The highest BCUT2D eigenvalue weighted by molar-refractivity contribution is 5.79. The van der Waals surface area contributed by atoms with Crippen LogP contribution in [0.3, 0.4) is 0 Å². The van der Waals surface area contributed by atoms with Gasteiger partial charge in [-0.05, 0) is 24.6 Å². The van der Waals surface area contributed by atoms with Crippen molar-refractivity contribution in [3.05, 3.63) is 35.6 Å². The van der Waals surface area contributed by atoms with Gasteiger partial charge in [-0.3, -0.25) is 0 Å². The van der Waals surface area contributed by atoms with Crippen molar-refractivity contribution in [1.29, 1.82) is 0 Å². The van der Waals surface area contributed by atoms with Crippen LogP contribution in [0.5, 0.6) is 0 Å². The standard InChI is InChI=1S/C12H18FN3/c1-4-14-12(16(2)3)15-9-10-6-5-7-11(13)8-10/h5-8H,4,9H2,1-3H3,(H,14,15). The summed E-state index contributed by atoms with van der Waals surface area (Å²) < 4.78 is 12.9. The van der Waals surface area contributed by atoms with Crippen molar-refractivity contribution in [3.63, 3.8) is 0 Å². The van der Waals surface area contributed by atoms with Crippen LogP contribution < -0.4 is 5.32 Å². The molecule has 0 aliphatic rings. The van der Waals surface area contributed by atoms with Gasteiger partial charge < -0.3 is 10.2 Å². The number of hydrogen-bond acceptors (Lipinski definition) is 1. The number of hydrogen-bond donors (Lipinski definition) is 1. The summed E-state index contributed by atoms with van der Waals surface area (Å²) in [5.74, 6) is 0.592. The van der Waals surface area contributed by atoms with E-state index >= 15 is 0 Å². The quantitative estimate of drug-likeness (QED) is 0.625. The number of nitrogens with one attached hydrogen (secondary N) is 1. The molecule has 0 atom stereocenters. The molecule has 0 aromatic heterocycles. The highest BCUT2D eigenvalue weighted by atomic mass is 19.1. The number of rotatable bonds is 3. The minimum Gasteiger partial charge on any atom is -0.357 e. The molecule has 0 fully saturated rings. The molecule has 0 heterocycles. The molecule has 0 spiro atoms. The molecule has 3 nitrogen and oxygen atoms in total. The first-order chi connectivity index (χ1) is 7.63. The van der Waals surface area contributed by atoms with Crippen LogP contribution in [0.4, 0.5) is 4.39 Å². The Morgan fingerprint density at radius 3 is 2.75 bits per heavy atom. The van der Waals surface area contributed by atoms with Crippen molar-refractivity contribution in [2.75, 3.05) is 20.6 Å². The molecule has 1 aromatic rings. The number of aliphatic imine (C=N–C) groups is 1. The summed E-state index contributed by atoms with van der Waals surface area (Å²) in [6, 6.07) is 6.50. The molecule has 0 amide bonds. The van der Waals surface area contributed by atoms with Crippen molar-refractivity contribution in [2.24, 2.45) is 4.99 Å². The van der Waals surface area contributed by atoms with Gasteiger partial charge in [0.25, 0.3) is 0 Å². The third kappa shape index (κ3) is 3.88. The van der Waals surface area contributed by atoms with Crippen molar-refractivity contribution in [2.45, 2.75) is 13.5 Å². The summed E-state index contributed by atoms with van der Waals surface area (Å²) in [4.78, 5) is 6.29. The predicted molar refractivity (Wildman–Crippen MR) is 64.9 cm³/mol. The van der Waals surface area contributed by atoms with Gasteiger partial charge in [0.15, 0.2) is 5.96 Å². The Kier molecular flexibility index (Phi) is 4.76. The highest BCUT2D eigenvalue weighted by Gasteiger charge is 1.99. The van der Waals surface area contributed by atoms with Crippen LogP contribution in [0.15, 0.2) is 29.3 Å². The van der Waals surface area contributed by atoms with Crippen LogP contribution in [0, 0.1) is 5.82 Å². The SMILES string of the molecule is CCNC(=NCc1cccc(F)c1)N(C)C. The van der Waals surface area contributed by atoms with E-state index in [2.05, 4.69) is 10.3 Å². The Hall–Kier alpha value is -1.58. The molecule has 1 rings (SSSR count). The van der Waals surface area contributed by atoms with Crippen molar-refractivity contribution < 1.29 is 4.39 Å². The second-order valence-electron chi connectivity index (χ2n) is 3.69. The summed E-state index contributed by atoms with van der Waals surface area (Å²) in [5, 5.41) is 3.15. The number of benzene rings is 1. The van der Waals surface area contributed by atoms with Gasteiger partial charge in [0.05, 0.1) is 6.54 Å². The van der Waals surface area contributed by atoms with Crippen molar-refractivity contribution in [3.8, 4) is 0 Å². The molecule has 0 saturated carbocycles. The van der Waals surface area contributed by atoms with E-state index in [0.29, 0.717) is 6.54 Å². The molecular formula is C12H18FN3. The zero-order valence-corrected chi connectivity index (χ0v) is 10.00. The number of guanidine groups is 1. The molecule has 88 valence electrons. The number of nitrogens with zero attached hydrogens (tertiary/aromatic N) is 2. The Balaban J connectivity index is 2.69. The minimum absolute atomic E-state index is 0.220. The van der Waals surface area contributed by atoms with Crippen molar-refractivity contribution in [1.82, 2.24) is 10.2 Å². The molecule has 0 aliphatic carbocycles. The van der Waals surface area contributed by atoms with Crippen LogP contribution in [-0.2, 0) is 6.54 Å². The molecule has 1 aromatic carbocycles. The molecular weight excluding hydrogens is 205 g/mol. The molecule has 4 heteroatoms. The lowest BCUT2D eigenvalue weighted by molar-refractivity contribution is 0.583. The highest BCUT2D eigenvalue weighted by Crippen LogP contribution is 2.04. The van der Waals surface area contributed by atoms with E-state index in [-0.39, 0.29) is 5.82 Å². The maximum atomic E-state index is 12.9. The van der Waals surface area contributed by atoms with Crippen LogP contribution in [0.2, 0.25) is 0 Å². The fourth-order valence-electron chi connectivity index (χ4n) is 1.32. The second-order valence-corrected chi connectivity index (χ2v) is 3.69. The van der Waals surface area contributed by atoms with Crippen molar-refractivity contribution >= 4 is 5.96 Å². The Labute approximate surface area is 96.0 Å². The fourth-order valence-corrected chi connectivity index (χ4v) is 1.32. The zero-order chi connectivity index (χ0) is 12.0. The van der Waals surface area contributed by atoms with Crippen LogP contribution in [0.25, 0.3) is 0 Å². The van der Waals surface area contributed by atoms with Gasteiger partial charge in [-0.15, -0.1) is 0 Å². The van der Waals surface area contributed by atoms with E-state index in [1.165, 1.54) is 12.1 Å². The average molecular weight is 223 g/mol. The van der Waals surface area contributed by atoms with Gasteiger partial charge >= 0.3 is 0 Å². The lowest BCUT2D eigenvalue weighted by atomic mass is 10.2. The van der Waals surface area contributed by atoms with Crippen LogP contribution in [-0.4, -0.2) is 31.5 Å². The van der Waals surface area contributed by atoms with E-state index in [1.54, 1.807) is 6.07 Å². The minimum atomic E-state index is -0.220. The largest absolute Gasteiger partial charge is 0.357 e. The Bertz CT molecular complexity index is 361. The third-order valence-electron chi connectivity index (χ3n) is 2.06. The van der Waals surface area contributed by atoms with E-state index in [1.807, 2.05) is 32.0 Å². The lowest BCUT2D eigenvalue weighted by Crippen LogP contribution is -2.36. The molecule has 16 heavy (non-hydrogen) atoms.